The van der Waals surface area contributed by atoms with E-state index in [2.05, 4.69) is 11.2 Å². The van der Waals surface area contributed by atoms with Crippen molar-refractivity contribution in [1.82, 2.24) is 5.32 Å². The van der Waals surface area contributed by atoms with E-state index >= 15 is 0 Å². The molecule has 2 N–H and O–H groups in total. The molecule has 0 spiro atoms. The lowest BCUT2D eigenvalue weighted by molar-refractivity contribution is -0.122. The zero-order valence-corrected chi connectivity index (χ0v) is 17.3. The average molecular weight is 455 g/mol. The van der Waals surface area contributed by atoms with Gasteiger partial charge in [0.1, 0.15) is 12.2 Å². The van der Waals surface area contributed by atoms with Crippen LogP contribution in [0.2, 0.25) is 5.02 Å². The summed E-state index contributed by atoms with van der Waals surface area (Å²) in [7, 11) is 1.38. The summed E-state index contributed by atoms with van der Waals surface area (Å²) in [5.74, 6) is -0.239. The highest BCUT2D eigenvalue weighted by atomic mass is 35.5. The lowest BCUT2D eigenvalue weighted by atomic mass is 10.1. The van der Waals surface area contributed by atoms with E-state index in [1.165, 1.54) is 49.6 Å². The molecule has 0 aliphatic carbocycles. The SMILES string of the molecule is C#CCOc1c(Cl)cc(/C=C2\C(=O)NC(=O)N(c3ccc(C(=O)O)cc3)C2=O)cc1OC. The average Bonchev–Trinajstić information content (AvgIpc) is 2.75. The Bertz CT molecular complexity index is 1200. The zero-order valence-electron chi connectivity index (χ0n) is 16.5. The molecular formula is C22H15ClN2O7. The van der Waals surface area contributed by atoms with E-state index in [0.29, 0.717) is 5.56 Å². The number of amides is 4. The van der Waals surface area contributed by atoms with E-state index in [4.69, 9.17) is 32.6 Å². The van der Waals surface area contributed by atoms with Crippen molar-refractivity contribution in [3.63, 3.8) is 0 Å². The van der Waals surface area contributed by atoms with Crippen molar-refractivity contribution in [3.05, 3.63) is 58.1 Å². The molecule has 1 aliphatic rings. The molecular weight excluding hydrogens is 440 g/mol. The molecule has 1 aliphatic heterocycles. The van der Waals surface area contributed by atoms with Crippen LogP contribution in [0.1, 0.15) is 15.9 Å². The highest BCUT2D eigenvalue weighted by Gasteiger charge is 2.37. The first-order valence-corrected chi connectivity index (χ1v) is 9.33. The minimum absolute atomic E-state index is 0.0284. The maximum atomic E-state index is 13.0. The molecule has 2 aromatic rings. The number of anilines is 1. The first kappa shape index (κ1) is 22.4. The van der Waals surface area contributed by atoms with Crippen LogP contribution in [0, 0.1) is 12.3 Å². The Morgan fingerprint density at radius 3 is 2.53 bits per heavy atom. The molecule has 0 atom stereocenters. The van der Waals surface area contributed by atoms with Crippen LogP contribution in [0.15, 0.2) is 42.0 Å². The van der Waals surface area contributed by atoms with Crippen molar-refractivity contribution in [2.75, 3.05) is 18.6 Å². The van der Waals surface area contributed by atoms with Crippen molar-refractivity contribution >= 4 is 47.2 Å². The highest BCUT2D eigenvalue weighted by Crippen LogP contribution is 2.37. The number of aromatic carboxylic acids is 1. The lowest BCUT2D eigenvalue weighted by Gasteiger charge is -2.26. The summed E-state index contributed by atoms with van der Waals surface area (Å²) in [6.45, 7) is -0.0465. The van der Waals surface area contributed by atoms with Crippen LogP contribution >= 0.6 is 11.6 Å². The maximum absolute atomic E-state index is 13.0. The van der Waals surface area contributed by atoms with Gasteiger partial charge in [0.25, 0.3) is 11.8 Å². The van der Waals surface area contributed by atoms with Gasteiger partial charge in [0, 0.05) is 0 Å². The number of halogens is 1. The number of methoxy groups -OCH3 is 1. The Labute approximate surface area is 187 Å². The summed E-state index contributed by atoms with van der Waals surface area (Å²) in [4.78, 5) is 49.4. The number of benzene rings is 2. The normalized spacial score (nSPS) is 14.7. The van der Waals surface area contributed by atoms with Crippen molar-refractivity contribution < 1.29 is 33.8 Å². The number of carbonyl (C=O) groups is 4. The van der Waals surface area contributed by atoms with Crippen LogP contribution in [-0.4, -0.2) is 42.6 Å². The van der Waals surface area contributed by atoms with Gasteiger partial charge in [-0.1, -0.05) is 17.5 Å². The van der Waals surface area contributed by atoms with Crippen LogP contribution in [0.4, 0.5) is 10.5 Å². The third kappa shape index (κ3) is 4.40. The van der Waals surface area contributed by atoms with Crippen molar-refractivity contribution in [1.29, 1.82) is 0 Å². The van der Waals surface area contributed by atoms with Crippen LogP contribution in [0.25, 0.3) is 6.08 Å². The van der Waals surface area contributed by atoms with Gasteiger partial charge in [-0.2, -0.15) is 0 Å². The van der Waals surface area contributed by atoms with Crippen LogP contribution < -0.4 is 19.7 Å². The smallest absolute Gasteiger partial charge is 0.335 e. The molecule has 0 radical (unpaired) electrons. The molecule has 1 fully saturated rings. The predicted molar refractivity (Wildman–Crippen MR) is 115 cm³/mol. The lowest BCUT2D eigenvalue weighted by Crippen LogP contribution is -2.54. The first-order chi connectivity index (χ1) is 15.3. The number of hydrogen-bond donors (Lipinski definition) is 2. The molecule has 1 heterocycles. The minimum atomic E-state index is -1.16. The van der Waals surface area contributed by atoms with Gasteiger partial charge in [0.05, 0.1) is 23.4 Å². The Hall–Kier alpha value is -4.29. The zero-order chi connectivity index (χ0) is 23.4. The molecule has 0 unspecified atom stereocenters. The summed E-state index contributed by atoms with van der Waals surface area (Å²) in [5, 5.41) is 11.2. The summed E-state index contributed by atoms with van der Waals surface area (Å²) in [5.41, 5.74) is 0.0418. The number of imide groups is 2. The molecule has 9 nitrogen and oxygen atoms in total. The predicted octanol–water partition coefficient (Wildman–Crippen LogP) is 2.73. The highest BCUT2D eigenvalue weighted by molar-refractivity contribution is 6.39. The van der Waals surface area contributed by atoms with Gasteiger partial charge in [-0.15, -0.1) is 6.42 Å². The topological polar surface area (TPSA) is 122 Å². The molecule has 32 heavy (non-hydrogen) atoms. The van der Waals surface area contributed by atoms with Gasteiger partial charge in [-0.05, 0) is 48.0 Å². The van der Waals surface area contributed by atoms with Crippen molar-refractivity contribution in [2.24, 2.45) is 0 Å². The van der Waals surface area contributed by atoms with E-state index in [9.17, 15) is 19.2 Å². The van der Waals surface area contributed by atoms with Crippen molar-refractivity contribution in [3.8, 4) is 23.8 Å². The molecule has 0 bridgehead atoms. The second-order valence-corrected chi connectivity index (χ2v) is 6.74. The summed E-state index contributed by atoms with van der Waals surface area (Å²) in [6.07, 6.45) is 6.42. The number of rotatable bonds is 6. The molecule has 0 aromatic heterocycles. The Morgan fingerprint density at radius 1 is 1.25 bits per heavy atom. The van der Waals surface area contributed by atoms with Gasteiger partial charge < -0.3 is 14.6 Å². The molecule has 2 aromatic carbocycles. The number of urea groups is 1. The number of carboxylic acid groups (broad SMARTS) is 1. The Kier molecular flexibility index (Phi) is 6.47. The molecule has 4 amide bonds. The number of ether oxygens (including phenoxy) is 2. The Balaban J connectivity index is 2.00. The summed E-state index contributed by atoms with van der Waals surface area (Å²) in [6, 6.07) is 6.99. The number of terminal acetylenes is 1. The molecule has 1 saturated heterocycles. The van der Waals surface area contributed by atoms with E-state index in [1.54, 1.807) is 0 Å². The van der Waals surface area contributed by atoms with Gasteiger partial charge in [-0.25, -0.2) is 14.5 Å². The fraction of sp³-hybridized carbons (Fsp3) is 0.0909. The largest absolute Gasteiger partial charge is 0.493 e. The maximum Gasteiger partial charge on any atom is 0.335 e. The van der Waals surface area contributed by atoms with E-state index < -0.39 is 23.8 Å². The second kappa shape index (κ2) is 9.24. The standard InChI is InChI=1S/C22H15ClN2O7/c1-3-8-32-18-16(23)10-12(11-17(18)31-2)9-15-19(26)24-22(30)25(20(15)27)14-6-4-13(5-7-14)21(28)29/h1,4-7,9-11H,8H2,2H3,(H,28,29)(H,24,26,30)/b15-9+. The molecule has 10 heteroatoms. The van der Waals surface area contributed by atoms with E-state index in [-0.39, 0.29) is 40.0 Å². The van der Waals surface area contributed by atoms with E-state index in [1.807, 2.05) is 0 Å². The Morgan fingerprint density at radius 2 is 1.94 bits per heavy atom. The number of barbiturate groups is 1. The quantitative estimate of drug-likeness (QED) is 0.391. The van der Waals surface area contributed by atoms with Gasteiger partial charge >= 0.3 is 12.0 Å². The third-order valence-corrected chi connectivity index (χ3v) is 4.62. The third-order valence-electron chi connectivity index (χ3n) is 4.34. The summed E-state index contributed by atoms with van der Waals surface area (Å²) >= 11 is 6.23. The monoisotopic (exact) mass is 454 g/mol. The number of hydrogen-bond acceptors (Lipinski definition) is 6. The van der Waals surface area contributed by atoms with Gasteiger partial charge in [0.15, 0.2) is 11.5 Å². The first-order valence-electron chi connectivity index (χ1n) is 8.95. The molecule has 0 saturated carbocycles. The molecule has 162 valence electrons. The van der Waals surface area contributed by atoms with Crippen LogP contribution in [0.3, 0.4) is 0 Å². The number of carboxylic acids is 1. The summed E-state index contributed by atoms with van der Waals surface area (Å²) < 4.78 is 10.6. The number of nitrogens with zero attached hydrogens (tertiary/aromatic N) is 1. The van der Waals surface area contributed by atoms with Crippen LogP contribution in [-0.2, 0) is 9.59 Å². The van der Waals surface area contributed by atoms with Crippen molar-refractivity contribution in [2.45, 2.75) is 0 Å². The fourth-order valence-electron chi connectivity index (χ4n) is 2.89. The number of carbonyl (C=O) groups excluding carboxylic acids is 3. The molecule has 3 rings (SSSR count). The second-order valence-electron chi connectivity index (χ2n) is 6.34. The number of nitrogens with one attached hydrogen (secondary N) is 1. The fourth-order valence-corrected chi connectivity index (χ4v) is 3.16. The minimum Gasteiger partial charge on any atom is -0.493 e. The van der Waals surface area contributed by atoms with Gasteiger partial charge in [0.2, 0.25) is 0 Å². The van der Waals surface area contributed by atoms with Gasteiger partial charge in [-0.3, -0.25) is 14.9 Å². The van der Waals surface area contributed by atoms with E-state index in [0.717, 1.165) is 4.90 Å². The van der Waals surface area contributed by atoms with Crippen LogP contribution in [0.5, 0.6) is 11.5 Å².